The number of carbonyl (C=O) groups is 1. The van der Waals surface area contributed by atoms with Crippen molar-refractivity contribution in [2.24, 2.45) is 11.8 Å². The summed E-state index contributed by atoms with van der Waals surface area (Å²) in [6.45, 7) is 7.57. The summed E-state index contributed by atoms with van der Waals surface area (Å²) in [4.78, 5) is 11.1. The van der Waals surface area contributed by atoms with Crippen LogP contribution in [0.2, 0.25) is 0 Å². The molecular weight excluding hydrogens is 242 g/mol. The molecule has 0 aliphatic rings. The maximum Gasteiger partial charge on any atom is 0.307 e. The highest BCUT2D eigenvalue weighted by atomic mass is 16.4. The molecule has 0 amide bonds. The first-order chi connectivity index (χ1) is 8.99. The van der Waals surface area contributed by atoms with Gasteiger partial charge in [0.1, 0.15) is 0 Å². The number of carboxylic acid groups (broad SMARTS) is 1. The first-order valence-electron chi connectivity index (χ1n) is 6.92. The molecular formula is C14H25N3O2. The van der Waals surface area contributed by atoms with Crippen LogP contribution in [0.1, 0.15) is 33.6 Å². The molecule has 19 heavy (non-hydrogen) atoms. The van der Waals surface area contributed by atoms with Gasteiger partial charge in [-0.1, -0.05) is 13.8 Å². The molecule has 2 N–H and O–H groups in total. The smallest absolute Gasteiger partial charge is 0.307 e. The lowest BCUT2D eigenvalue weighted by Crippen LogP contribution is -2.35. The minimum absolute atomic E-state index is 0.290. The van der Waals surface area contributed by atoms with Crippen molar-refractivity contribution in [1.82, 2.24) is 15.1 Å². The van der Waals surface area contributed by atoms with Crippen LogP contribution in [0, 0.1) is 11.8 Å². The molecule has 5 heteroatoms. The van der Waals surface area contributed by atoms with E-state index >= 15 is 0 Å². The molecule has 5 nitrogen and oxygen atoms in total. The fourth-order valence-corrected chi connectivity index (χ4v) is 2.04. The van der Waals surface area contributed by atoms with E-state index in [0.29, 0.717) is 24.9 Å². The van der Waals surface area contributed by atoms with E-state index in [-0.39, 0.29) is 5.92 Å². The van der Waals surface area contributed by atoms with Crippen LogP contribution in [0.15, 0.2) is 18.5 Å². The van der Waals surface area contributed by atoms with Crippen molar-refractivity contribution in [3.63, 3.8) is 0 Å². The minimum atomic E-state index is -0.708. The van der Waals surface area contributed by atoms with Gasteiger partial charge in [0.2, 0.25) is 0 Å². The second-order valence-corrected chi connectivity index (χ2v) is 5.53. The van der Waals surface area contributed by atoms with Gasteiger partial charge < -0.3 is 10.4 Å². The van der Waals surface area contributed by atoms with Crippen molar-refractivity contribution in [2.75, 3.05) is 6.54 Å². The summed E-state index contributed by atoms with van der Waals surface area (Å²) >= 11 is 0. The molecule has 1 rings (SSSR count). The van der Waals surface area contributed by atoms with Crippen LogP contribution in [0.3, 0.4) is 0 Å². The number of hydrogen-bond acceptors (Lipinski definition) is 3. The molecule has 0 spiro atoms. The highest BCUT2D eigenvalue weighted by Gasteiger charge is 2.19. The lowest BCUT2D eigenvalue weighted by atomic mass is 9.97. The van der Waals surface area contributed by atoms with Gasteiger partial charge in [0, 0.05) is 31.5 Å². The van der Waals surface area contributed by atoms with Crippen molar-refractivity contribution in [3.8, 4) is 0 Å². The Morgan fingerprint density at radius 3 is 2.68 bits per heavy atom. The van der Waals surface area contributed by atoms with E-state index in [1.54, 1.807) is 6.20 Å². The summed E-state index contributed by atoms with van der Waals surface area (Å²) in [7, 11) is 0. The Balaban J connectivity index is 2.27. The van der Waals surface area contributed by atoms with Crippen LogP contribution in [0.25, 0.3) is 0 Å². The first kappa shape index (κ1) is 15.7. The van der Waals surface area contributed by atoms with E-state index in [1.807, 2.05) is 16.9 Å². The topological polar surface area (TPSA) is 67.2 Å². The molecule has 1 heterocycles. The van der Waals surface area contributed by atoms with Crippen molar-refractivity contribution in [2.45, 2.75) is 46.2 Å². The van der Waals surface area contributed by atoms with E-state index in [2.05, 4.69) is 31.2 Å². The Morgan fingerprint density at radius 1 is 1.42 bits per heavy atom. The molecule has 0 fully saturated rings. The van der Waals surface area contributed by atoms with E-state index in [0.717, 1.165) is 13.0 Å². The molecule has 108 valence electrons. The van der Waals surface area contributed by atoms with Crippen molar-refractivity contribution >= 4 is 5.97 Å². The summed E-state index contributed by atoms with van der Waals surface area (Å²) in [5.41, 5.74) is 0. The molecule has 0 aliphatic heterocycles. The predicted molar refractivity (Wildman–Crippen MR) is 74.9 cm³/mol. The van der Waals surface area contributed by atoms with Crippen LogP contribution in [0.5, 0.6) is 0 Å². The maximum atomic E-state index is 11.1. The van der Waals surface area contributed by atoms with Gasteiger partial charge in [-0.2, -0.15) is 5.10 Å². The van der Waals surface area contributed by atoms with E-state index in [1.165, 1.54) is 0 Å². The van der Waals surface area contributed by atoms with Crippen molar-refractivity contribution < 1.29 is 9.90 Å². The highest BCUT2D eigenvalue weighted by molar-refractivity contribution is 5.70. The van der Waals surface area contributed by atoms with E-state index in [4.69, 9.17) is 5.11 Å². The quantitative estimate of drug-likeness (QED) is 0.718. The Labute approximate surface area is 115 Å². The average Bonchev–Trinajstić information content (AvgIpc) is 2.84. The molecule has 0 radical (unpaired) electrons. The lowest BCUT2D eigenvalue weighted by Gasteiger charge is -2.19. The number of aromatic nitrogens is 2. The van der Waals surface area contributed by atoms with Crippen LogP contribution in [-0.2, 0) is 11.3 Å². The largest absolute Gasteiger partial charge is 0.481 e. The third-order valence-electron chi connectivity index (χ3n) is 3.17. The Morgan fingerprint density at radius 2 is 2.16 bits per heavy atom. The third kappa shape index (κ3) is 6.38. The third-order valence-corrected chi connectivity index (χ3v) is 3.17. The first-order valence-corrected chi connectivity index (χ1v) is 6.92. The number of carboxylic acids is 1. The Bertz CT molecular complexity index is 363. The maximum absolute atomic E-state index is 11.1. The number of nitrogens with zero attached hydrogens (tertiary/aromatic N) is 2. The summed E-state index contributed by atoms with van der Waals surface area (Å²) in [6.07, 6.45) is 5.36. The van der Waals surface area contributed by atoms with Gasteiger partial charge in [0.15, 0.2) is 0 Å². The zero-order valence-electron chi connectivity index (χ0n) is 12.0. The van der Waals surface area contributed by atoms with Crippen molar-refractivity contribution in [3.05, 3.63) is 18.5 Å². The highest BCUT2D eigenvalue weighted by Crippen LogP contribution is 2.11. The van der Waals surface area contributed by atoms with Crippen LogP contribution in [0.4, 0.5) is 0 Å². The van der Waals surface area contributed by atoms with Crippen LogP contribution in [-0.4, -0.2) is 33.4 Å². The van der Waals surface area contributed by atoms with Crippen molar-refractivity contribution in [1.29, 1.82) is 0 Å². The molecule has 2 atom stereocenters. The Hall–Kier alpha value is -1.36. The summed E-state index contributed by atoms with van der Waals surface area (Å²) in [5.74, 6) is -0.602. The monoisotopic (exact) mass is 267 g/mol. The zero-order chi connectivity index (χ0) is 14.3. The van der Waals surface area contributed by atoms with Crippen LogP contribution >= 0.6 is 0 Å². The SMILES string of the molecule is CC(C)CC(CNC(C)CCn1cccn1)C(=O)O. The molecule has 1 aromatic rings. The second kappa shape index (κ2) is 7.94. The summed E-state index contributed by atoms with van der Waals surface area (Å²) in [5, 5.41) is 16.6. The summed E-state index contributed by atoms with van der Waals surface area (Å²) < 4.78 is 1.89. The Kier molecular flexibility index (Phi) is 6.56. The van der Waals surface area contributed by atoms with Gasteiger partial charge in [-0.3, -0.25) is 9.48 Å². The number of hydrogen-bond donors (Lipinski definition) is 2. The standard InChI is InChI=1S/C14H25N3O2/c1-11(2)9-13(14(18)19)10-15-12(3)5-8-17-7-4-6-16-17/h4,6-7,11-13,15H,5,8-10H2,1-3H3,(H,18,19). The molecule has 1 aromatic heterocycles. The lowest BCUT2D eigenvalue weighted by molar-refractivity contribution is -0.142. The van der Waals surface area contributed by atoms with E-state index < -0.39 is 5.97 Å². The fraction of sp³-hybridized carbons (Fsp3) is 0.714. The second-order valence-electron chi connectivity index (χ2n) is 5.53. The number of nitrogens with one attached hydrogen (secondary N) is 1. The van der Waals surface area contributed by atoms with Gasteiger partial charge in [-0.05, 0) is 31.7 Å². The summed E-state index contributed by atoms with van der Waals surface area (Å²) in [6, 6.07) is 2.19. The van der Waals surface area contributed by atoms with Gasteiger partial charge in [-0.15, -0.1) is 0 Å². The normalized spacial score (nSPS) is 14.5. The van der Waals surface area contributed by atoms with Gasteiger partial charge >= 0.3 is 5.97 Å². The van der Waals surface area contributed by atoms with Gasteiger partial charge in [-0.25, -0.2) is 0 Å². The molecule has 0 aliphatic carbocycles. The molecule has 0 saturated carbocycles. The minimum Gasteiger partial charge on any atom is -0.481 e. The number of aryl methyl sites for hydroxylation is 1. The molecule has 0 saturated heterocycles. The number of aliphatic carboxylic acids is 1. The molecule has 0 aromatic carbocycles. The van der Waals surface area contributed by atoms with E-state index in [9.17, 15) is 4.79 Å². The van der Waals surface area contributed by atoms with Crippen LogP contribution < -0.4 is 5.32 Å². The van der Waals surface area contributed by atoms with Gasteiger partial charge in [0.25, 0.3) is 0 Å². The predicted octanol–water partition coefficient (Wildman–Crippen LogP) is 2.00. The fourth-order valence-electron chi connectivity index (χ4n) is 2.04. The molecule has 0 bridgehead atoms. The molecule has 2 unspecified atom stereocenters. The number of rotatable bonds is 9. The average molecular weight is 267 g/mol. The van der Waals surface area contributed by atoms with Gasteiger partial charge in [0.05, 0.1) is 5.92 Å². The zero-order valence-corrected chi connectivity index (χ0v) is 12.0.